The molecule has 0 fully saturated rings. The number of aryl methyl sites for hydroxylation is 1. The Hall–Kier alpha value is -0.760. The number of hydrogen-bond donors (Lipinski definition) is 0. The number of aromatic nitrogens is 2. The number of halogens is 4. The molecule has 0 amide bonds. The highest BCUT2D eigenvalue weighted by molar-refractivity contribution is 8.14. The Morgan fingerprint density at radius 1 is 1.56 bits per heavy atom. The summed E-state index contributed by atoms with van der Waals surface area (Å²) in [6.45, 7) is 2.00. The van der Waals surface area contributed by atoms with Crippen molar-refractivity contribution < 1.29 is 21.6 Å². The molecule has 0 aliphatic heterocycles. The van der Waals surface area contributed by atoms with Crippen molar-refractivity contribution >= 4 is 19.7 Å². The Labute approximate surface area is 94.4 Å². The third kappa shape index (κ3) is 2.88. The van der Waals surface area contributed by atoms with E-state index in [1.165, 1.54) is 4.68 Å². The number of rotatable bonds is 3. The summed E-state index contributed by atoms with van der Waals surface area (Å²) >= 11 is 0. The molecular weight excluding hydrogens is 269 g/mol. The quantitative estimate of drug-likeness (QED) is 0.794. The first-order chi connectivity index (χ1) is 7.16. The standard InChI is InChI=1S/C7H8ClF3N2O2S/c1-2-13-4-5(3-12-13)6(7(9,10)11)16(8,14)15/h3-4,6H,2H2,1H3. The van der Waals surface area contributed by atoms with Crippen LogP contribution in [0.2, 0.25) is 0 Å². The fourth-order valence-corrected chi connectivity index (χ4v) is 2.58. The van der Waals surface area contributed by atoms with E-state index < -0.39 is 26.0 Å². The highest BCUT2D eigenvalue weighted by Crippen LogP contribution is 2.40. The van der Waals surface area contributed by atoms with E-state index in [0.29, 0.717) is 6.54 Å². The van der Waals surface area contributed by atoms with Gasteiger partial charge in [-0.3, -0.25) is 4.68 Å². The Balaban J connectivity index is 3.23. The van der Waals surface area contributed by atoms with Crippen molar-refractivity contribution in [2.75, 3.05) is 0 Å². The molecule has 0 saturated carbocycles. The van der Waals surface area contributed by atoms with E-state index in [4.69, 9.17) is 10.7 Å². The molecule has 1 unspecified atom stereocenters. The molecule has 1 aromatic heterocycles. The van der Waals surface area contributed by atoms with Gasteiger partial charge in [-0.25, -0.2) is 8.42 Å². The topological polar surface area (TPSA) is 52.0 Å². The minimum absolute atomic E-state index is 0.340. The van der Waals surface area contributed by atoms with Crippen LogP contribution in [-0.2, 0) is 15.6 Å². The van der Waals surface area contributed by atoms with Crippen LogP contribution < -0.4 is 0 Å². The van der Waals surface area contributed by atoms with Crippen LogP contribution in [-0.4, -0.2) is 24.4 Å². The maximum atomic E-state index is 12.5. The monoisotopic (exact) mass is 276 g/mol. The number of alkyl halides is 3. The number of hydrogen-bond acceptors (Lipinski definition) is 3. The third-order valence-electron chi connectivity index (χ3n) is 1.86. The maximum Gasteiger partial charge on any atom is 0.410 e. The van der Waals surface area contributed by atoms with E-state index in [-0.39, 0.29) is 0 Å². The van der Waals surface area contributed by atoms with E-state index in [1.54, 1.807) is 6.92 Å². The molecule has 0 bridgehead atoms. The summed E-state index contributed by atoms with van der Waals surface area (Å²) in [6.07, 6.45) is -3.10. The lowest BCUT2D eigenvalue weighted by atomic mass is 10.2. The second-order valence-corrected chi connectivity index (χ2v) is 5.74. The molecule has 9 heteroatoms. The van der Waals surface area contributed by atoms with Crippen molar-refractivity contribution in [3.05, 3.63) is 18.0 Å². The molecule has 0 radical (unpaired) electrons. The Morgan fingerprint density at radius 2 is 2.12 bits per heavy atom. The first kappa shape index (κ1) is 13.3. The predicted molar refractivity (Wildman–Crippen MR) is 51.5 cm³/mol. The Morgan fingerprint density at radius 3 is 2.44 bits per heavy atom. The smallest absolute Gasteiger partial charge is 0.273 e. The van der Waals surface area contributed by atoms with Crippen molar-refractivity contribution in [1.29, 1.82) is 0 Å². The van der Waals surface area contributed by atoms with Crippen LogP contribution >= 0.6 is 10.7 Å². The van der Waals surface area contributed by atoms with Crippen molar-refractivity contribution in [1.82, 2.24) is 9.78 Å². The van der Waals surface area contributed by atoms with Gasteiger partial charge < -0.3 is 0 Å². The van der Waals surface area contributed by atoms with Crippen LogP contribution in [0.4, 0.5) is 13.2 Å². The SMILES string of the molecule is CCn1cc(C(C(F)(F)F)S(=O)(=O)Cl)cn1. The minimum Gasteiger partial charge on any atom is -0.273 e. The van der Waals surface area contributed by atoms with E-state index in [2.05, 4.69) is 5.10 Å². The van der Waals surface area contributed by atoms with Gasteiger partial charge in [-0.1, -0.05) is 0 Å². The summed E-state index contributed by atoms with van der Waals surface area (Å²) in [5.41, 5.74) is -0.482. The van der Waals surface area contributed by atoms with Gasteiger partial charge in [-0.2, -0.15) is 18.3 Å². The minimum atomic E-state index is -4.96. The molecule has 0 N–H and O–H groups in total. The molecule has 0 saturated heterocycles. The van der Waals surface area contributed by atoms with Crippen molar-refractivity contribution in [2.45, 2.75) is 24.9 Å². The molecule has 1 aromatic rings. The van der Waals surface area contributed by atoms with Crippen LogP contribution in [0.15, 0.2) is 12.4 Å². The summed E-state index contributed by atoms with van der Waals surface area (Å²) in [5.74, 6) is 0. The average molecular weight is 277 g/mol. The molecular formula is C7H8ClF3N2O2S. The van der Waals surface area contributed by atoms with Crippen molar-refractivity contribution in [2.24, 2.45) is 0 Å². The molecule has 4 nitrogen and oxygen atoms in total. The van der Waals surface area contributed by atoms with Crippen LogP contribution in [0, 0.1) is 0 Å². The molecule has 1 heterocycles. The fourth-order valence-electron chi connectivity index (χ4n) is 1.20. The summed E-state index contributed by atoms with van der Waals surface area (Å²) in [7, 11) is 0.00932. The molecule has 0 aromatic carbocycles. The van der Waals surface area contributed by atoms with Crippen molar-refractivity contribution in [3.8, 4) is 0 Å². The molecule has 0 spiro atoms. The van der Waals surface area contributed by atoms with Crippen LogP contribution in [0.3, 0.4) is 0 Å². The van der Waals surface area contributed by atoms with Gasteiger partial charge in [0.25, 0.3) is 0 Å². The summed E-state index contributed by atoms with van der Waals surface area (Å²) in [5, 5.41) is 0.842. The van der Waals surface area contributed by atoms with Gasteiger partial charge in [0.1, 0.15) is 0 Å². The van der Waals surface area contributed by atoms with E-state index in [0.717, 1.165) is 12.4 Å². The predicted octanol–water partition coefficient (Wildman–Crippen LogP) is 2.08. The zero-order valence-corrected chi connectivity index (χ0v) is 9.64. The molecule has 0 aliphatic rings. The number of nitrogens with zero attached hydrogens (tertiary/aromatic N) is 2. The van der Waals surface area contributed by atoms with Gasteiger partial charge in [-0.15, -0.1) is 0 Å². The van der Waals surface area contributed by atoms with Gasteiger partial charge in [0, 0.05) is 29.0 Å². The van der Waals surface area contributed by atoms with Gasteiger partial charge in [-0.05, 0) is 6.92 Å². The molecule has 16 heavy (non-hydrogen) atoms. The van der Waals surface area contributed by atoms with Gasteiger partial charge in [0.2, 0.25) is 9.05 Å². The Bertz CT molecular complexity index is 468. The van der Waals surface area contributed by atoms with Crippen molar-refractivity contribution in [3.63, 3.8) is 0 Å². The highest BCUT2D eigenvalue weighted by Gasteiger charge is 2.49. The molecule has 0 aliphatic carbocycles. The normalized spacial score (nSPS) is 15.1. The lowest BCUT2D eigenvalue weighted by Crippen LogP contribution is -2.25. The first-order valence-electron chi connectivity index (χ1n) is 4.18. The van der Waals surface area contributed by atoms with Gasteiger partial charge in [0.15, 0.2) is 5.25 Å². The zero-order valence-electron chi connectivity index (χ0n) is 8.07. The van der Waals surface area contributed by atoms with Crippen LogP contribution in [0.1, 0.15) is 17.7 Å². The Kier molecular flexibility index (Phi) is 3.53. The van der Waals surface area contributed by atoms with E-state index in [1.807, 2.05) is 0 Å². The van der Waals surface area contributed by atoms with E-state index >= 15 is 0 Å². The average Bonchev–Trinajstić information content (AvgIpc) is 2.47. The summed E-state index contributed by atoms with van der Waals surface area (Å²) in [4.78, 5) is 0. The maximum absolute atomic E-state index is 12.5. The molecule has 1 rings (SSSR count). The van der Waals surface area contributed by atoms with Crippen LogP contribution in [0.25, 0.3) is 0 Å². The van der Waals surface area contributed by atoms with E-state index in [9.17, 15) is 21.6 Å². The highest BCUT2D eigenvalue weighted by atomic mass is 35.7. The second kappa shape index (κ2) is 4.25. The zero-order chi connectivity index (χ0) is 12.6. The largest absolute Gasteiger partial charge is 0.410 e. The third-order valence-corrected chi connectivity index (χ3v) is 3.50. The fraction of sp³-hybridized carbons (Fsp3) is 0.571. The summed E-state index contributed by atoms with van der Waals surface area (Å²) in [6, 6.07) is 0. The van der Waals surface area contributed by atoms with Crippen LogP contribution in [0.5, 0.6) is 0 Å². The lowest BCUT2D eigenvalue weighted by Gasteiger charge is -2.15. The molecule has 1 atom stereocenters. The van der Waals surface area contributed by atoms with Gasteiger partial charge >= 0.3 is 6.18 Å². The second-order valence-electron chi connectivity index (χ2n) is 3.03. The van der Waals surface area contributed by atoms with Gasteiger partial charge in [0.05, 0.1) is 6.20 Å². The molecule has 92 valence electrons. The summed E-state index contributed by atoms with van der Waals surface area (Å²) < 4.78 is 60.5. The lowest BCUT2D eigenvalue weighted by molar-refractivity contribution is -0.131. The first-order valence-corrected chi connectivity index (χ1v) is 6.56.